The van der Waals surface area contributed by atoms with Gasteiger partial charge in [0.25, 0.3) is 0 Å². The third-order valence-corrected chi connectivity index (χ3v) is 4.04. The van der Waals surface area contributed by atoms with E-state index < -0.39 is 29.3 Å². The Morgan fingerprint density at radius 1 is 1.03 bits per heavy atom. The van der Waals surface area contributed by atoms with E-state index >= 15 is 0 Å². The number of benzene rings is 1. The van der Waals surface area contributed by atoms with Gasteiger partial charge in [0.1, 0.15) is 24.0 Å². The van der Waals surface area contributed by atoms with Crippen molar-refractivity contribution in [1.82, 2.24) is 9.88 Å². The second-order valence-electron chi connectivity index (χ2n) is 8.98. The van der Waals surface area contributed by atoms with Crippen molar-refractivity contribution in [2.45, 2.75) is 65.2 Å². The molecule has 2 aromatic rings. The lowest BCUT2D eigenvalue weighted by molar-refractivity contribution is -0.163. The molecular weight excluding hydrogens is 372 g/mol. The van der Waals surface area contributed by atoms with Crippen molar-refractivity contribution in [3.8, 4) is 0 Å². The summed E-state index contributed by atoms with van der Waals surface area (Å²) in [7, 11) is 1.47. The number of amides is 1. The smallest absolute Gasteiger partial charge is 0.412 e. The molecule has 0 aliphatic carbocycles. The van der Waals surface area contributed by atoms with E-state index in [9.17, 15) is 9.59 Å². The number of H-pyrrole nitrogens is 1. The predicted molar refractivity (Wildman–Crippen MR) is 112 cm³/mol. The molecule has 1 N–H and O–H groups in total. The first kappa shape index (κ1) is 22.7. The first-order valence-corrected chi connectivity index (χ1v) is 9.67. The fraction of sp³-hybridized carbons (Fsp3) is 0.545. The van der Waals surface area contributed by atoms with Gasteiger partial charge >= 0.3 is 12.1 Å². The number of hydrogen-bond donors (Lipinski definition) is 1. The van der Waals surface area contributed by atoms with Crippen LogP contribution in [0.5, 0.6) is 0 Å². The molecule has 0 unspecified atom stereocenters. The quantitative estimate of drug-likeness (QED) is 0.575. The maximum absolute atomic E-state index is 13.1. The number of nitrogens with one attached hydrogen (secondary N) is 1. The van der Waals surface area contributed by atoms with Gasteiger partial charge in [-0.25, -0.2) is 9.59 Å². The Morgan fingerprint density at radius 3 is 2.24 bits per heavy atom. The van der Waals surface area contributed by atoms with Gasteiger partial charge in [-0.2, -0.15) is 0 Å². The summed E-state index contributed by atoms with van der Waals surface area (Å²) >= 11 is 0. The first-order chi connectivity index (χ1) is 13.4. The van der Waals surface area contributed by atoms with Crippen LogP contribution >= 0.6 is 0 Å². The summed E-state index contributed by atoms with van der Waals surface area (Å²) < 4.78 is 16.3. The summed E-state index contributed by atoms with van der Waals surface area (Å²) in [5.41, 5.74) is 0.465. The SMILES string of the molecule is COCN(C(=O)OC(C)(C)C)[C@@H](Cc1c[nH]c2ccccc12)C(=O)OC(C)(C)C. The lowest BCUT2D eigenvalue weighted by Crippen LogP contribution is -2.50. The largest absolute Gasteiger partial charge is 0.458 e. The summed E-state index contributed by atoms with van der Waals surface area (Å²) in [6.07, 6.45) is 1.49. The highest BCUT2D eigenvalue weighted by molar-refractivity contribution is 5.86. The van der Waals surface area contributed by atoms with Crippen molar-refractivity contribution >= 4 is 23.0 Å². The summed E-state index contributed by atoms with van der Waals surface area (Å²) in [6.45, 7) is 10.6. The maximum Gasteiger partial charge on any atom is 0.412 e. The summed E-state index contributed by atoms with van der Waals surface area (Å²) in [4.78, 5) is 30.4. The van der Waals surface area contributed by atoms with Gasteiger partial charge in [-0.1, -0.05) is 18.2 Å². The second kappa shape index (κ2) is 8.86. The number of esters is 1. The van der Waals surface area contributed by atoms with E-state index in [-0.39, 0.29) is 13.2 Å². The number of fused-ring (bicyclic) bond motifs is 1. The number of aromatic amines is 1. The second-order valence-corrected chi connectivity index (χ2v) is 8.98. The van der Waals surface area contributed by atoms with Crippen LogP contribution < -0.4 is 0 Å². The van der Waals surface area contributed by atoms with Crippen LogP contribution in [-0.4, -0.2) is 53.0 Å². The van der Waals surface area contributed by atoms with Crippen molar-refractivity contribution in [2.75, 3.05) is 13.8 Å². The molecule has 0 bridgehead atoms. The molecule has 0 fully saturated rings. The standard InChI is InChI=1S/C22H32N2O5/c1-21(2,3)28-19(25)18(24(14-27-7)20(26)29-22(4,5)6)12-15-13-23-17-11-9-8-10-16(15)17/h8-11,13,18,23H,12,14H2,1-7H3/t18-/m0/s1. The average Bonchev–Trinajstić information content (AvgIpc) is 2.98. The van der Waals surface area contributed by atoms with E-state index in [2.05, 4.69) is 4.98 Å². The van der Waals surface area contributed by atoms with Gasteiger partial charge in [0.05, 0.1) is 0 Å². The van der Waals surface area contributed by atoms with Gasteiger partial charge in [0.15, 0.2) is 0 Å². The third kappa shape index (κ3) is 6.49. The third-order valence-electron chi connectivity index (χ3n) is 4.04. The zero-order valence-corrected chi connectivity index (χ0v) is 18.4. The van der Waals surface area contributed by atoms with Gasteiger partial charge < -0.3 is 19.2 Å². The topological polar surface area (TPSA) is 80.9 Å². The number of hydrogen-bond acceptors (Lipinski definition) is 5. The molecule has 0 saturated heterocycles. The Balaban J connectivity index is 2.41. The van der Waals surface area contributed by atoms with E-state index in [1.165, 1.54) is 12.0 Å². The Labute approximate surface area is 172 Å². The van der Waals surface area contributed by atoms with Crippen molar-refractivity contribution < 1.29 is 23.8 Å². The summed E-state index contributed by atoms with van der Waals surface area (Å²) in [5, 5.41) is 0.989. The highest BCUT2D eigenvalue weighted by atomic mass is 16.6. The van der Waals surface area contributed by atoms with Crippen LogP contribution in [0.4, 0.5) is 4.79 Å². The lowest BCUT2D eigenvalue weighted by atomic mass is 10.0. The lowest BCUT2D eigenvalue weighted by Gasteiger charge is -2.33. The van der Waals surface area contributed by atoms with E-state index in [0.29, 0.717) is 0 Å². The zero-order valence-electron chi connectivity index (χ0n) is 18.4. The molecule has 1 atom stereocenters. The van der Waals surface area contributed by atoms with Crippen LogP contribution in [0.2, 0.25) is 0 Å². The van der Waals surface area contributed by atoms with Gasteiger partial charge in [-0.15, -0.1) is 0 Å². The highest BCUT2D eigenvalue weighted by Crippen LogP contribution is 2.23. The molecule has 7 nitrogen and oxygen atoms in total. The number of nitrogens with zero attached hydrogens (tertiary/aromatic N) is 1. The van der Waals surface area contributed by atoms with E-state index in [1.54, 1.807) is 41.5 Å². The summed E-state index contributed by atoms with van der Waals surface area (Å²) in [5.74, 6) is -0.509. The zero-order chi connectivity index (χ0) is 21.8. The van der Waals surface area contributed by atoms with Crippen LogP contribution in [0.25, 0.3) is 10.9 Å². The molecule has 0 aliphatic rings. The van der Waals surface area contributed by atoms with Crippen molar-refractivity contribution in [1.29, 1.82) is 0 Å². The van der Waals surface area contributed by atoms with Crippen LogP contribution in [0.15, 0.2) is 30.5 Å². The molecular formula is C22H32N2O5. The molecule has 160 valence electrons. The van der Waals surface area contributed by atoms with Gasteiger partial charge in [0.2, 0.25) is 0 Å². The molecule has 1 amide bonds. The minimum absolute atomic E-state index is 0.0961. The minimum atomic E-state index is -0.900. The molecule has 0 aliphatic heterocycles. The molecule has 0 radical (unpaired) electrons. The number of para-hydroxylation sites is 1. The van der Waals surface area contributed by atoms with Crippen LogP contribution in [0.3, 0.4) is 0 Å². The molecule has 0 saturated carbocycles. The molecule has 1 heterocycles. The maximum atomic E-state index is 13.1. The number of carbonyl (C=O) groups excluding carboxylic acids is 2. The van der Waals surface area contributed by atoms with Gasteiger partial charge in [-0.05, 0) is 53.2 Å². The highest BCUT2D eigenvalue weighted by Gasteiger charge is 2.36. The van der Waals surface area contributed by atoms with Crippen molar-refractivity contribution in [3.05, 3.63) is 36.0 Å². The molecule has 2 rings (SSSR count). The number of aromatic nitrogens is 1. The van der Waals surface area contributed by atoms with Crippen molar-refractivity contribution in [2.24, 2.45) is 0 Å². The number of carbonyl (C=O) groups is 2. The molecule has 1 aromatic heterocycles. The van der Waals surface area contributed by atoms with E-state index in [1.807, 2.05) is 30.5 Å². The normalized spacial score (nSPS) is 13.2. The van der Waals surface area contributed by atoms with Gasteiger partial charge in [-0.3, -0.25) is 4.90 Å². The Morgan fingerprint density at radius 2 is 1.66 bits per heavy atom. The number of rotatable bonds is 6. The molecule has 7 heteroatoms. The molecule has 0 spiro atoms. The van der Waals surface area contributed by atoms with Crippen LogP contribution in [-0.2, 0) is 25.4 Å². The number of methoxy groups -OCH3 is 1. The summed E-state index contributed by atoms with van der Waals surface area (Å²) in [6, 6.07) is 6.90. The molecule has 1 aromatic carbocycles. The fourth-order valence-corrected chi connectivity index (χ4v) is 2.93. The van der Waals surface area contributed by atoms with Crippen molar-refractivity contribution in [3.63, 3.8) is 0 Å². The monoisotopic (exact) mass is 404 g/mol. The van der Waals surface area contributed by atoms with Crippen LogP contribution in [0.1, 0.15) is 47.1 Å². The van der Waals surface area contributed by atoms with E-state index in [4.69, 9.17) is 14.2 Å². The molecule has 29 heavy (non-hydrogen) atoms. The Bertz CT molecular complexity index is 845. The van der Waals surface area contributed by atoms with Crippen LogP contribution in [0, 0.1) is 0 Å². The predicted octanol–water partition coefficient (Wildman–Crippen LogP) is 4.26. The van der Waals surface area contributed by atoms with Gasteiger partial charge in [0, 0.05) is 30.6 Å². The average molecular weight is 405 g/mol. The Kier molecular flexibility index (Phi) is 6.95. The minimum Gasteiger partial charge on any atom is -0.458 e. The first-order valence-electron chi connectivity index (χ1n) is 9.67. The number of ether oxygens (including phenoxy) is 3. The van der Waals surface area contributed by atoms with E-state index in [0.717, 1.165) is 16.5 Å². The Hall–Kier alpha value is -2.54. The fourth-order valence-electron chi connectivity index (χ4n) is 2.93.